The fourth-order valence-electron chi connectivity index (χ4n) is 2.01. The van der Waals surface area contributed by atoms with E-state index in [-0.39, 0.29) is 5.75 Å². The maximum Gasteiger partial charge on any atom is 0.160 e. The summed E-state index contributed by atoms with van der Waals surface area (Å²) in [4.78, 5) is 0. The van der Waals surface area contributed by atoms with Gasteiger partial charge in [-0.2, -0.15) is 5.10 Å². The van der Waals surface area contributed by atoms with Gasteiger partial charge in [0.1, 0.15) is 0 Å². The molecule has 0 amide bonds. The van der Waals surface area contributed by atoms with Gasteiger partial charge in [0.15, 0.2) is 11.5 Å². The third-order valence-corrected chi connectivity index (χ3v) is 3.00. The quantitative estimate of drug-likeness (QED) is 0.860. The zero-order valence-corrected chi connectivity index (χ0v) is 11.5. The summed E-state index contributed by atoms with van der Waals surface area (Å²) in [6.07, 6.45) is 2.01. The van der Waals surface area contributed by atoms with Gasteiger partial charge in [-0.1, -0.05) is 6.07 Å². The summed E-state index contributed by atoms with van der Waals surface area (Å²) < 4.78 is 6.82. The van der Waals surface area contributed by atoms with Crippen LogP contribution in [0.15, 0.2) is 24.4 Å². The van der Waals surface area contributed by atoms with Crippen LogP contribution in [0.2, 0.25) is 0 Å². The van der Waals surface area contributed by atoms with Crippen molar-refractivity contribution in [3.05, 3.63) is 41.2 Å². The van der Waals surface area contributed by atoms with Crippen LogP contribution in [0, 0.1) is 6.92 Å². The molecule has 0 radical (unpaired) electrons. The second-order valence-electron chi connectivity index (χ2n) is 4.52. The molecule has 1 aromatic heterocycles. The average Bonchev–Trinajstić information content (AvgIpc) is 2.68. The minimum atomic E-state index is 0.166. The van der Waals surface area contributed by atoms with Crippen LogP contribution in [0.25, 0.3) is 0 Å². The minimum Gasteiger partial charge on any atom is -0.504 e. The molecule has 2 N–H and O–H groups in total. The maximum atomic E-state index is 9.69. The molecule has 0 saturated carbocycles. The van der Waals surface area contributed by atoms with E-state index in [4.69, 9.17) is 4.74 Å². The first kappa shape index (κ1) is 13.4. The van der Waals surface area contributed by atoms with E-state index < -0.39 is 0 Å². The molecule has 0 aliphatic heterocycles. The molecule has 0 aliphatic rings. The van der Waals surface area contributed by atoms with E-state index in [9.17, 15) is 5.11 Å². The van der Waals surface area contributed by atoms with Crippen LogP contribution < -0.4 is 10.1 Å². The van der Waals surface area contributed by atoms with Gasteiger partial charge in [-0.3, -0.25) is 4.68 Å². The molecular formula is C14H19N3O2. The molecule has 0 spiro atoms. The molecule has 5 heteroatoms. The Morgan fingerprint density at radius 2 is 2.16 bits per heavy atom. The van der Waals surface area contributed by atoms with Gasteiger partial charge in [-0.25, -0.2) is 0 Å². The number of phenols is 1. The molecule has 102 valence electrons. The Balaban J connectivity index is 1.92. The topological polar surface area (TPSA) is 59.3 Å². The van der Waals surface area contributed by atoms with Crippen molar-refractivity contribution in [3.8, 4) is 11.5 Å². The Bertz CT molecular complexity index is 564. The van der Waals surface area contributed by atoms with Gasteiger partial charge < -0.3 is 15.2 Å². The number of methoxy groups -OCH3 is 1. The van der Waals surface area contributed by atoms with Gasteiger partial charge in [-0.05, 0) is 24.6 Å². The molecule has 0 saturated heterocycles. The Hall–Kier alpha value is -2.01. The van der Waals surface area contributed by atoms with E-state index in [0.29, 0.717) is 12.3 Å². The standard InChI is InChI=1S/C14H19N3O2/c1-10-12(9-17(2)16-10)8-15-7-11-4-5-14(19-3)13(18)6-11/h4-6,9,15,18H,7-8H2,1-3H3. The average molecular weight is 261 g/mol. The summed E-state index contributed by atoms with van der Waals surface area (Å²) in [7, 11) is 3.45. The van der Waals surface area contributed by atoms with E-state index in [1.165, 1.54) is 12.7 Å². The highest BCUT2D eigenvalue weighted by molar-refractivity contribution is 5.41. The second kappa shape index (κ2) is 5.75. The first-order valence-electron chi connectivity index (χ1n) is 6.16. The van der Waals surface area contributed by atoms with Crippen molar-refractivity contribution in [2.75, 3.05) is 7.11 Å². The van der Waals surface area contributed by atoms with Crippen molar-refractivity contribution in [2.24, 2.45) is 7.05 Å². The second-order valence-corrected chi connectivity index (χ2v) is 4.52. The van der Waals surface area contributed by atoms with E-state index in [1.54, 1.807) is 12.1 Å². The van der Waals surface area contributed by atoms with E-state index in [2.05, 4.69) is 10.4 Å². The minimum absolute atomic E-state index is 0.166. The highest BCUT2D eigenvalue weighted by Crippen LogP contribution is 2.26. The molecule has 0 aliphatic carbocycles. The van der Waals surface area contributed by atoms with Gasteiger partial charge in [0, 0.05) is 31.9 Å². The number of ether oxygens (including phenoxy) is 1. The molecular weight excluding hydrogens is 242 g/mol. The molecule has 2 aromatic rings. The number of aryl methyl sites for hydroxylation is 2. The molecule has 19 heavy (non-hydrogen) atoms. The van der Waals surface area contributed by atoms with Crippen LogP contribution in [-0.4, -0.2) is 22.0 Å². The van der Waals surface area contributed by atoms with Crippen molar-refractivity contribution < 1.29 is 9.84 Å². The summed E-state index contributed by atoms with van der Waals surface area (Å²) in [5.74, 6) is 0.659. The molecule has 5 nitrogen and oxygen atoms in total. The number of nitrogens with zero attached hydrogens (tertiary/aromatic N) is 2. The van der Waals surface area contributed by atoms with Crippen molar-refractivity contribution in [3.63, 3.8) is 0 Å². The van der Waals surface area contributed by atoms with Gasteiger partial charge in [0.25, 0.3) is 0 Å². The normalized spacial score (nSPS) is 10.7. The van der Waals surface area contributed by atoms with E-state index >= 15 is 0 Å². The number of benzene rings is 1. The zero-order chi connectivity index (χ0) is 13.8. The molecule has 1 heterocycles. The SMILES string of the molecule is COc1ccc(CNCc2cn(C)nc2C)cc1O. The number of phenolic OH excluding ortho intramolecular Hbond substituents is 1. The molecule has 0 bridgehead atoms. The largest absolute Gasteiger partial charge is 0.504 e. The zero-order valence-electron chi connectivity index (χ0n) is 11.5. The predicted molar refractivity (Wildman–Crippen MR) is 73.1 cm³/mol. The van der Waals surface area contributed by atoms with Crippen LogP contribution in [0.4, 0.5) is 0 Å². The lowest BCUT2D eigenvalue weighted by Crippen LogP contribution is -2.12. The van der Waals surface area contributed by atoms with Crippen molar-refractivity contribution in [1.82, 2.24) is 15.1 Å². The predicted octanol–water partition coefficient (Wildman–Crippen LogP) is 1.73. The monoisotopic (exact) mass is 261 g/mol. The van der Waals surface area contributed by atoms with Gasteiger partial charge in [0.2, 0.25) is 0 Å². The Morgan fingerprint density at radius 3 is 2.74 bits per heavy atom. The highest BCUT2D eigenvalue weighted by atomic mass is 16.5. The van der Waals surface area contributed by atoms with Crippen molar-refractivity contribution in [2.45, 2.75) is 20.0 Å². The van der Waals surface area contributed by atoms with Crippen LogP contribution in [0.3, 0.4) is 0 Å². The van der Waals surface area contributed by atoms with Crippen molar-refractivity contribution >= 4 is 0 Å². The Morgan fingerprint density at radius 1 is 1.37 bits per heavy atom. The number of rotatable bonds is 5. The summed E-state index contributed by atoms with van der Waals surface area (Å²) in [5.41, 5.74) is 3.23. The number of hydrogen-bond acceptors (Lipinski definition) is 4. The highest BCUT2D eigenvalue weighted by Gasteiger charge is 2.04. The lowest BCUT2D eigenvalue weighted by molar-refractivity contribution is 0.373. The Labute approximate surface area is 112 Å². The summed E-state index contributed by atoms with van der Waals surface area (Å²) in [6, 6.07) is 5.41. The lowest BCUT2D eigenvalue weighted by Gasteiger charge is -2.07. The smallest absolute Gasteiger partial charge is 0.160 e. The summed E-state index contributed by atoms with van der Waals surface area (Å²) in [6.45, 7) is 3.44. The fraction of sp³-hybridized carbons (Fsp3) is 0.357. The molecule has 2 rings (SSSR count). The lowest BCUT2D eigenvalue weighted by atomic mass is 10.2. The third-order valence-electron chi connectivity index (χ3n) is 3.00. The van der Waals surface area contributed by atoms with Crippen LogP contribution in [-0.2, 0) is 20.1 Å². The molecule has 0 atom stereocenters. The maximum absolute atomic E-state index is 9.69. The van der Waals surface area contributed by atoms with Gasteiger partial charge >= 0.3 is 0 Å². The summed E-state index contributed by atoms with van der Waals surface area (Å²) >= 11 is 0. The van der Waals surface area contributed by atoms with Gasteiger partial charge in [-0.15, -0.1) is 0 Å². The fourth-order valence-corrected chi connectivity index (χ4v) is 2.01. The first-order valence-corrected chi connectivity index (χ1v) is 6.16. The first-order chi connectivity index (χ1) is 9.10. The number of nitrogens with one attached hydrogen (secondary N) is 1. The van der Waals surface area contributed by atoms with E-state index in [1.807, 2.05) is 30.9 Å². The van der Waals surface area contributed by atoms with Crippen molar-refractivity contribution in [1.29, 1.82) is 0 Å². The number of aromatic hydroxyl groups is 1. The molecule has 0 fully saturated rings. The molecule has 1 aromatic carbocycles. The summed E-state index contributed by atoms with van der Waals surface area (Å²) in [5, 5.41) is 17.3. The van der Waals surface area contributed by atoms with Crippen LogP contribution in [0.5, 0.6) is 11.5 Å². The number of aromatic nitrogens is 2. The Kier molecular flexibility index (Phi) is 4.06. The number of hydrogen-bond donors (Lipinski definition) is 2. The van der Waals surface area contributed by atoms with E-state index in [0.717, 1.165) is 17.8 Å². The molecule has 0 unspecified atom stereocenters. The van der Waals surface area contributed by atoms with Crippen LogP contribution in [0.1, 0.15) is 16.8 Å². The van der Waals surface area contributed by atoms with Gasteiger partial charge in [0.05, 0.1) is 12.8 Å². The van der Waals surface area contributed by atoms with Crippen LogP contribution >= 0.6 is 0 Å². The third kappa shape index (κ3) is 3.26.